The molecule has 0 bridgehead atoms. The number of nitrogens with zero attached hydrogens (tertiary/aromatic N) is 3. The first-order valence-corrected chi connectivity index (χ1v) is 12.4. The second-order valence-corrected chi connectivity index (χ2v) is 9.73. The molecule has 0 spiro atoms. The fraction of sp³-hybridized carbons (Fsp3) is 0.308. The van der Waals surface area contributed by atoms with Crippen LogP contribution in [0.5, 0.6) is 0 Å². The van der Waals surface area contributed by atoms with Gasteiger partial charge >= 0.3 is 0 Å². The van der Waals surface area contributed by atoms with E-state index in [1.54, 1.807) is 0 Å². The third-order valence-corrected chi connectivity index (χ3v) is 6.80. The number of benzene rings is 2. The van der Waals surface area contributed by atoms with Crippen LogP contribution in [0.3, 0.4) is 0 Å². The maximum atomic E-state index is 14.4. The minimum atomic E-state index is -2.97. The Morgan fingerprint density at radius 1 is 1.20 bits per heavy atom. The number of nitriles is 1. The zero-order chi connectivity index (χ0) is 29.2. The highest BCUT2D eigenvalue weighted by atomic mass is 35.5. The Morgan fingerprint density at radius 2 is 1.85 bits per heavy atom. The number of halogens is 5. The molecule has 2 aromatic rings. The van der Waals surface area contributed by atoms with E-state index in [1.807, 2.05) is 0 Å². The first-order chi connectivity index (χ1) is 18.9. The van der Waals surface area contributed by atoms with Gasteiger partial charge in [0.25, 0.3) is 11.8 Å². The van der Waals surface area contributed by atoms with Gasteiger partial charge in [-0.05, 0) is 24.6 Å². The van der Waals surface area contributed by atoms with Crippen molar-refractivity contribution in [2.45, 2.75) is 49.7 Å². The molecule has 40 heavy (non-hydrogen) atoms. The molecule has 210 valence electrons. The third kappa shape index (κ3) is 6.12. The quantitative estimate of drug-likeness (QED) is 0.188. The molecule has 2 aromatic carbocycles. The minimum Gasteiger partial charge on any atom is -0.498 e. The van der Waals surface area contributed by atoms with Crippen molar-refractivity contribution < 1.29 is 37.1 Å². The maximum absolute atomic E-state index is 14.4. The van der Waals surface area contributed by atoms with Gasteiger partial charge in [0.15, 0.2) is 0 Å². The second-order valence-electron chi connectivity index (χ2n) is 9.32. The maximum Gasteiger partial charge on any atom is 0.252 e. The van der Waals surface area contributed by atoms with Gasteiger partial charge in [-0.25, -0.2) is 22.6 Å². The number of anilines is 1. The Morgan fingerprint density at radius 3 is 2.45 bits per heavy atom. The number of hydrogen-bond donors (Lipinski definition) is 3. The van der Waals surface area contributed by atoms with Crippen molar-refractivity contribution in [3.63, 3.8) is 0 Å². The lowest BCUT2D eigenvalue weighted by molar-refractivity contribution is -0.137. The number of alkyl halides is 2. The predicted octanol–water partition coefficient (Wildman–Crippen LogP) is 4.02. The summed E-state index contributed by atoms with van der Waals surface area (Å²) in [4.78, 5) is 41.0. The Kier molecular flexibility index (Phi) is 8.20. The van der Waals surface area contributed by atoms with Crippen LogP contribution in [0.2, 0.25) is 5.02 Å². The van der Waals surface area contributed by atoms with Crippen molar-refractivity contribution in [3.05, 3.63) is 76.6 Å². The Bertz CT molecular complexity index is 1390. The number of amides is 3. The van der Waals surface area contributed by atoms with Crippen molar-refractivity contribution in [1.82, 2.24) is 15.8 Å². The molecule has 1 saturated heterocycles. The summed E-state index contributed by atoms with van der Waals surface area (Å²) in [5.74, 6) is -8.47. The summed E-state index contributed by atoms with van der Waals surface area (Å²) >= 11 is 6.37. The van der Waals surface area contributed by atoms with E-state index >= 15 is 0 Å². The molecule has 3 N–H and O–H groups in total. The SMILES string of the molecule is N#C/C(O)=C/NN1C(=O)CC[C@H]1C(=O)N(c1cc(F)cc(F)c1)[C@H](C(=O)NC1CC(F)(F)C1)c1ccccc1Cl. The molecule has 2 fully saturated rings. The standard InChI is InChI=1S/C26H22ClF4N5O4/c27-20-4-2-1-3-19(20)23(24(39)34-16-10-26(30,31)11-16)35(17-8-14(28)7-15(29)9-17)25(40)21-5-6-22(38)36(21)33-13-18(37)12-32/h1-4,7-9,13,16,21,23,33,37H,5-6,10-11H2,(H,34,39)/b18-13-/t21-,23-/m0/s1. The summed E-state index contributed by atoms with van der Waals surface area (Å²) in [5.41, 5.74) is 1.98. The van der Waals surface area contributed by atoms with E-state index in [4.69, 9.17) is 16.9 Å². The fourth-order valence-electron chi connectivity index (χ4n) is 4.62. The molecule has 3 amide bonds. The monoisotopic (exact) mass is 579 g/mol. The largest absolute Gasteiger partial charge is 0.498 e. The molecule has 2 atom stereocenters. The normalized spacial score (nSPS) is 19.4. The Labute approximate surface area is 230 Å². The summed E-state index contributed by atoms with van der Waals surface area (Å²) in [5, 5.41) is 21.5. The predicted molar refractivity (Wildman–Crippen MR) is 133 cm³/mol. The summed E-state index contributed by atoms with van der Waals surface area (Å²) < 4.78 is 55.8. The van der Waals surface area contributed by atoms with Gasteiger partial charge < -0.3 is 10.4 Å². The number of hydrogen-bond acceptors (Lipinski definition) is 6. The smallest absolute Gasteiger partial charge is 0.252 e. The van der Waals surface area contributed by atoms with E-state index in [9.17, 15) is 37.1 Å². The third-order valence-electron chi connectivity index (χ3n) is 6.46. The van der Waals surface area contributed by atoms with Crippen LogP contribution in [0, 0.1) is 23.0 Å². The van der Waals surface area contributed by atoms with Gasteiger partial charge in [0.2, 0.25) is 17.6 Å². The molecular weight excluding hydrogens is 558 g/mol. The lowest BCUT2D eigenvalue weighted by Gasteiger charge is -2.39. The summed E-state index contributed by atoms with van der Waals surface area (Å²) in [7, 11) is 0. The first-order valence-electron chi connectivity index (χ1n) is 12.0. The van der Waals surface area contributed by atoms with Gasteiger partial charge in [0, 0.05) is 42.0 Å². The number of rotatable bonds is 8. The van der Waals surface area contributed by atoms with Crippen LogP contribution in [0.1, 0.15) is 37.3 Å². The van der Waals surface area contributed by atoms with Crippen molar-refractivity contribution in [2.75, 3.05) is 4.90 Å². The number of aliphatic hydroxyl groups is 1. The van der Waals surface area contributed by atoms with Crippen LogP contribution in [0.25, 0.3) is 0 Å². The number of aliphatic hydroxyl groups excluding tert-OH is 1. The van der Waals surface area contributed by atoms with Gasteiger partial charge in [-0.3, -0.25) is 24.7 Å². The van der Waals surface area contributed by atoms with Crippen LogP contribution >= 0.6 is 11.6 Å². The van der Waals surface area contributed by atoms with Gasteiger partial charge in [0.1, 0.15) is 29.8 Å². The average molecular weight is 580 g/mol. The van der Waals surface area contributed by atoms with E-state index in [0.29, 0.717) is 6.07 Å². The molecule has 0 radical (unpaired) electrons. The number of allylic oxidation sites excluding steroid dienone is 1. The summed E-state index contributed by atoms with van der Waals surface area (Å²) in [6.45, 7) is 0. The van der Waals surface area contributed by atoms with Crippen molar-refractivity contribution in [2.24, 2.45) is 0 Å². The average Bonchev–Trinajstić information content (AvgIpc) is 3.24. The van der Waals surface area contributed by atoms with Crippen LogP contribution in [-0.2, 0) is 14.4 Å². The highest BCUT2D eigenvalue weighted by molar-refractivity contribution is 6.31. The van der Waals surface area contributed by atoms with E-state index in [-0.39, 0.29) is 23.4 Å². The van der Waals surface area contributed by atoms with E-state index in [0.717, 1.165) is 28.2 Å². The molecule has 0 aromatic heterocycles. The van der Waals surface area contributed by atoms with Crippen LogP contribution < -0.4 is 15.6 Å². The molecule has 1 aliphatic heterocycles. The lowest BCUT2D eigenvalue weighted by atomic mass is 9.87. The highest BCUT2D eigenvalue weighted by Gasteiger charge is 2.48. The van der Waals surface area contributed by atoms with Crippen LogP contribution in [0.15, 0.2) is 54.4 Å². The number of carbonyl (C=O) groups excluding carboxylic acids is 3. The van der Waals surface area contributed by atoms with Gasteiger partial charge in [0.05, 0.1) is 11.9 Å². The lowest BCUT2D eigenvalue weighted by Crippen LogP contribution is -2.57. The zero-order valence-corrected chi connectivity index (χ0v) is 21.3. The zero-order valence-electron chi connectivity index (χ0n) is 20.6. The van der Waals surface area contributed by atoms with E-state index < -0.39 is 77.7 Å². The Hall–Kier alpha value is -4.31. The topological polar surface area (TPSA) is 126 Å². The molecule has 9 nitrogen and oxygen atoms in total. The summed E-state index contributed by atoms with van der Waals surface area (Å²) in [6.07, 6.45) is -0.771. The molecule has 1 aliphatic carbocycles. The van der Waals surface area contributed by atoms with Crippen LogP contribution in [-0.4, -0.2) is 45.8 Å². The highest BCUT2D eigenvalue weighted by Crippen LogP contribution is 2.39. The number of hydrazine groups is 1. The van der Waals surface area contributed by atoms with Crippen molar-refractivity contribution >= 4 is 35.0 Å². The summed E-state index contributed by atoms with van der Waals surface area (Å²) in [6, 6.07) is 5.40. The first kappa shape index (κ1) is 28.7. The molecular formula is C26H22ClF4N5O4. The van der Waals surface area contributed by atoms with E-state index in [1.165, 1.54) is 30.3 Å². The minimum absolute atomic E-state index is 0.00406. The molecule has 14 heteroatoms. The van der Waals surface area contributed by atoms with E-state index in [2.05, 4.69) is 10.7 Å². The molecule has 0 unspecified atom stereocenters. The molecule has 1 heterocycles. The van der Waals surface area contributed by atoms with Gasteiger partial charge in [-0.15, -0.1) is 0 Å². The van der Waals surface area contributed by atoms with Crippen LogP contribution in [0.4, 0.5) is 23.2 Å². The Balaban J connectivity index is 1.81. The number of carbonyl (C=O) groups is 3. The van der Waals surface area contributed by atoms with Crippen molar-refractivity contribution in [3.8, 4) is 6.07 Å². The second kappa shape index (κ2) is 11.4. The molecule has 4 rings (SSSR count). The van der Waals surface area contributed by atoms with Gasteiger partial charge in [-0.2, -0.15) is 5.26 Å². The molecule has 2 aliphatic rings. The van der Waals surface area contributed by atoms with Gasteiger partial charge in [-0.1, -0.05) is 29.8 Å². The fourth-order valence-corrected chi connectivity index (χ4v) is 4.86. The van der Waals surface area contributed by atoms with Crippen molar-refractivity contribution in [1.29, 1.82) is 5.26 Å². The number of nitrogens with one attached hydrogen (secondary N) is 2. The molecule has 1 saturated carbocycles.